The van der Waals surface area contributed by atoms with Crippen molar-refractivity contribution >= 4 is 43.1 Å². The smallest absolute Gasteiger partial charge is 0.160 e. The average Bonchev–Trinajstić information content (AvgIpc) is 3.38. The van der Waals surface area contributed by atoms with Gasteiger partial charge in [-0.15, -0.1) is 0 Å². The number of aromatic nitrogens is 6. The fraction of sp³-hybridized carbons (Fsp3) is 0. The Morgan fingerprint density at radius 2 is 0.641 bits per heavy atom. The van der Waals surface area contributed by atoms with E-state index in [4.69, 9.17) is 29.9 Å². The van der Waals surface area contributed by atoms with Crippen LogP contribution in [0.15, 0.2) is 219 Å². The monoisotopic (exact) mass is 816 g/mol. The van der Waals surface area contributed by atoms with Crippen LogP contribution in [0.4, 0.5) is 0 Å². The van der Waals surface area contributed by atoms with Crippen LogP contribution in [0, 0.1) is 0 Å². The Morgan fingerprint density at radius 3 is 1.14 bits per heavy atom. The fourth-order valence-electron chi connectivity index (χ4n) is 8.70. The lowest BCUT2D eigenvalue weighted by atomic mass is 9.96. The molecule has 0 N–H and O–H groups in total. The summed E-state index contributed by atoms with van der Waals surface area (Å²) in [5, 5.41) is 8.96. The van der Waals surface area contributed by atoms with Gasteiger partial charge >= 0.3 is 0 Å². The topological polar surface area (TPSA) is 77.3 Å². The van der Waals surface area contributed by atoms with Gasteiger partial charge in [0, 0.05) is 85.3 Å². The molecular formula is C58H36N6. The third kappa shape index (κ3) is 6.89. The van der Waals surface area contributed by atoms with Crippen molar-refractivity contribution < 1.29 is 0 Å². The lowest BCUT2D eigenvalue weighted by Gasteiger charge is -2.14. The zero-order valence-corrected chi connectivity index (χ0v) is 34.5. The maximum Gasteiger partial charge on any atom is 0.160 e. The van der Waals surface area contributed by atoms with Crippen molar-refractivity contribution in [2.75, 3.05) is 0 Å². The molecule has 0 radical (unpaired) electrons. The van der Waals surface area contributed by atoms with Crippen molar-refractivity contribution in [1.29, 1.82) is 0 Å². The van der Waals surface area contributed by atoms with E-state index >= 15 is 0 Å². The van der Waals surface area contributed by atoms with Crippen molar-refractivity contribution in [3.8, 4) is 78.9 Å². The summed E-state index contributed by atoms with van der Waals surface area (Å²) in [6, 6.07) is 67.3. The first-order valence-corrected chi connectivity index (χ1v) is 21.3. The molecule has 0 atom stereocenters. The molecular weight excluding hydrogens is 781 g/mol. The Hall–Kier alpha value is -8.74. The summed E-state index contributed by atoms with van der Waals surface area (Å²) < 4.78 is 0. The maximum atomic E-state index is 5.34. The van der Waals surface area contributed by atoms with E-state index in [0.717, 1.165) is 116 Å². The van der Waals surface area contributed by atoms with Gasteiger partial charge in [0.15, 0.2) is 5.82 Å². The molecule has 0 spiro atoms. The highest BCUT2D eigenvalue weighted by atomic mass is 14.9. The molecule has 0 fully saturated rings. The van der Waals surface area contributed by atoms with E-state index in [2.05, 4.69) is 176 Å². The summed E-state index contributed by atoms with van der Waals surface area (Å²) in [4.78, 5) is 30.1. The SMILES string of the molecule is c1ccc2cc(-c3cc(-c4cc5ccccc5cn4)cc(-c4cc(-c5ccc(-c6nccc7ccccc67)cc5)nc(-c5ccc(-c6nccc7ccccc67)cc5)n4)c3)ncc2c1. The van der Waals surface area contributed by atoms with Crippen LogP contribution in [0.25, 0.3) is 122 Å². The molecule has 0 amide bonds. The molecule has 7 aromatic carbocycles. The summed E-state index contributed by atoms with van der Waals surface area (Å²) in [6.45, 7) is 0. The van der Waals surface area contributed by atoms with E-state index in [1.807, 2.05) is 43.0 Å². The quantitative estimate of drug-likeness (QED) is 0.159. The van der Waals surface area contributed by atoms with Crippen LogP contribution in [-0.2, 0) is 0 Å². The Kier molecular flexibility index (Phi) is 9.05. The van der Waals surface area contributed by atoms with E-state index in [-0.39, 0.29) is 0 Å². The minimum Gasteiger partial charge on any atom is -0.256 e. The van der Waals surface area contributed by atoms with Gasteiger partial charge < -0.3 is 0 Å². The first-order chi connectivity index (χ1) is 31.7. The van der Waals surface area contributed by atoms with Crippen LogP contribution in [0.2, 0.25) is 0 Å². The van der Waals surface area contributed by atoms with Crippen LogP contribution in [0.1, 0.15) is 0 Å². The predicted octanol–water partition coefficient (Wildman–Crippen LogP) is 14.3. The third-order valence-electron chi connectivity index (χ3n) is 12.0. The summed E-state index contributed by atoms with van der Waals surface area (Å²) in [6.07, 6.45) is 7.64. The molecule has 6 nitrogen and oxygen atoms in total. The number of hydrogen-bond donors (Lipinski definition) is 0. The zero-order chi connectivity index (χ0) is 42.4. The molecule has 64 heavy (non-hydrogen) atoms. The van der Waals surface area contributed by atoms with Crippen LogP contribution >= 0.6 is 0 Å². The first-order valence-electron chi connectivity index (χ1n) is 21.3. The molecule has 0 aliphatic rings. The van der Waals surface area contributed by atoms with Crippen molar-refractivity contribution in [3.05, 3.63) is 219 Å². The molecule has 0 unspecified atom stereocenters. The number of pyridine rings is 4. The van der Waals surface area contributed by atoms with Gasteiger partial charge in [0.2, 0.25) is 0 Å². The Morgan fingerprint density at radius 1 is 0.250 bits per heavy atom. The average molecular weight is 817 g/mol. The van der Waals surface area contributed by atoms with E-state index in [1.165, 1.54) is 0 Å². The number of nitrogens with zero attached hydrogens (tertiary/aromatic N) is 6. The summed E-state index contributed by atoms with van der Waals surface area (Å²) >= 11 is 0. The largest absolute Gasteiger partial charge is 0.256 e. The van der Waals surface area contributed by atoms with Crippen LogP contribution in [-0.4, -0.2) is 29.9 Å². The maximum absolute atomic E-state index is 5.34. The van der Waals surface area contributed by atoms with Gasteiger partial charge in [0.1, 0.15) is 0 Å². The second kappa shape index (κ2) is 15.6. The minimum atomic E-state index is 0.615. The van der Waals surface area contributed by atoms with Crippen LogP contribution < -0.4 is 0 Å². The molecule has 6 heteroatoms. The van der Waals surface area contributed by atoms with Crippen LogP contribution in [0.5, 0.6) is 0 Å². The predicted molar refractivity (Wildman–Crippen MR) is 261 cm³/mol. The van der Waals surface area contributed by atoms with Gasteiger partial charge in [0.05, 0.1) is 34.2 Å². The molecule has 5 aromatic heterocycles. The normalized spacial score (nSPS) is 11.4. The Labute approximate surface area is 369 Å². The highest BCUT2D eigenvalue weighted by Gasteiger charge is 2.16. The van der Waals surface area contributed by atoms with E-state index in [9.17, 15) is 0 Å². The molecule has 0 aliphatic heterocycles. The minimum absolute atomic E-state index is 0.615. The summed E-state index contributed by atoms with van der Waals surface area (Å²) in [7, 11) is 0. The zero-order valence-electron chi connectivity index (χ0n) is 34.5. The summed E-state index contributed by atoms with van der Waals surface area (Å²) in [5.41, 5.74) is 12.0. The van der Waals surface area contributed by atoms with Gasteiger partial charge in [-0.3, -0.25) is 19.9 Å². The van der Waals surface area contributed by atoms with Gasteiger partial charge in [0.25, 0.3) is 0 Å². The second-order valence-corrected chi connectivity index (χ2v) is 16.0. The molecule has 0 saturated carbocycles. The molecule has 0 saturated heterocycles. The highest BCUT2D eigenvalue weighted by molar-refractivity contribution is 5.96. The van der Waals surface area contributed by atoms with Gasteiger partial charge in [-0.2, -0.15) is 0 Å². The number of rotatable bonds is 7. The van der Waals surface area contributed by atoms with Crippen molar-refractivity contribution in [2.45, 2.75) is 0 Å². The molecule has 298 valence electrons. The fourth-order valence-corrected chi connectivity index (χ4v) is 8.70. The lowest BCUT2D eigenvalue weighted by Crippen LogP contribution is -1.97. The first kappa shape index (κ1) is 37.1. The van der Waals surface area contributed by atoms with Crippen LogP contribution in [0.3, 0.4) is 0 Å². The molecule has 12 rings (SSSR count). The lowest BCUT2D eigenvalue weighted by molar-refractivity contribution is 1.18. The standard InChI is InChI=1S/C58H36N6/c1-3-13-45-35-61-52(32-43(45)11-1)47-29-48(53-33-44-12-2-4-14-46(44)36-62-53)31-49(30-47)55-34-54(39-17-19-40(20-18-39)56-50-15-7-5-9-37(50)25-27-59-56)63-58(64-55)42-23-21-41(22-24-42)57-51-16-8-6-10-38(51)26-28-60-57/h1-36H. The molecule has 0 bridgehead atoms. The van der Waals surface area contributed by atoms with Crippen molar-refractivity contribution in [3.63, 3.8) is 0 Å². The molecule has 12 aromatic rings. The number of benzene rings is 7. The van der Waals surface area contributed by atoms with Crippen molar-refractivity contribution in [1.82, 2.24) is 29.9 Å². The second-order valence-electron chi connectivity index (χ2n) is 16.0. The highest BCUT2D eigenvalue weighted by Crippen LogP contribution is 2.37. The van der Waals surface area contributed by atoms with E-state index in [0.29, 0.717) is 5.82 Å². The van der Waals surface area contributed by atoms with Gasteiger partial charge in [-0.25, -0.2) is 9.97 Å². The van der Waals surface area contributed by atoms with Gasteiger partial charge in [-0.05, 0) is 70.1 Å². The van der Waals surface area contributed by atoms with Crippen molar-refractivity contribution in [2.24, 2.45) is 0 Å². The third-order valence-corrected chi connectivity index (χ3v) is 12.0. The van der Waals surface area contributed by atoms with E-state index in [1.54, 1.807) is 0 Å². The molecule has 0 aliphatic carbocycles. The Balaban J connectivity index is 1.02. The molecule has 5 heterocycles. The Bertz CT molecular complexity index is 3480. The summed E-state index contributed by atoms with van der Waals surface area (Å²) in [5.74, 6) is 0.615. The van der Waals surface area contributed by atoms with E-state index < -0.39 is 0 Å². The number of fused-ring (bicyclic) bond motifs is 4. The van der Waals surface area contributed by atoms with Gasteiger partial charge in [-0.1, -0.05) is 146 Å². The number of hydrogen-bond acceptors (Lipinski definition) is 6.